The van der Waals surface area contributed by atoms with Crippen molar-refractivity contribution < 1.29 is 10.0 Å². The summed E-state index contributed by atoms with van der Waals surface area (Å²) in [6.07, 6.45) is 2.67. The topological polar surface area (TPSA) is 93.2 Å². The summed E-state index contributed by atoms with van der Waals surface area (Å²) >= 11 is 0. The van der Waals surface area contributed by atoms with Gasteiger partial charge in [0.05, 0.1) is 4.92 Å². The van der Waals surface area contributed by atoms with Crippen molar-refractivity contribution in [3.8, 4) is 0 Å². The lowest BCUT2D eigenvalue weighted by Crippen LogP contribution is -2.20. The number of nitrogens with zero attached hydrogens (tertiary/aromatic N) is 3. The van der Waals surface area contributed by atoms with Crippen molar-refractivity contribution in [2.75, 3.05) is 11.9 Å². The Bertz CT molecular complexity index is 364. The Morgan fingerprint density at radius 2 is 2.44 bits per heavy atom. The molecule has 1 heterocycles. The number of anilines is 1. The minimum atomic E-state index is -0.471. The average molecular weight is 228 g/mol. The Hall–Kier alpha value is -1.63. The van der Waals surface area contributed by atoms with Crippen LogP contribution in [0.2, 0.25) is 0 Å². The first-order chi connectivity index (χ1) is 7.58. The van der Waals surface area contributed by atoms with Crippen LogP contribution in [0.4, 0.5) is 11.5 Å². The Balaban J connectivity index is 2.82. The maximum absolute atomic E-state index is 10.7. The van der Waals surface area contributed by atoms with Gasteiger partial charge in [0.2, 0.25) is 5.82 Å². The molecule has 7 nitrogen and oxygen atoms in total. The molecule has 0 aliphatic carbocycles. The summed E-state index contributed by atoms with van der Waals surface area (Å²) in [7, 11) is 1.63. The molecule has 1 aromatic heterocycles. The predicted molar refractivity (Wildman–Crippen MR) is 59.3 cm³/mol. The minimum Gasteiger partial charge on any atom is -0.396 e. The van der Waals surface area contributed by atoms with Gasteiger partial charge in [0.25, 0.3) is 0 Å². The fourth-order valence-corrected chi connectivity index (χ4v) is 1.44. The molecule has 0 bridgehead atoms. The van der Waals surface area contributed by atoms with Crippen LogP contribution < -0.4 is 5.32 Å². The largest absolute Gasteiger partial charge is 0.396 e. The molecule has 0 fully saturated rings. The van der Waals surface area contributed by atoms with Crippen LogP contribution in [0.1, 0.15) is 19.8 Å². The van der Waals surface area contributed by atoms with Crippen molar-refractivity contribution in [1.29, 1.82) is 0 Å². The number of rotatable bonds is 6. The quantitative estimate of drug-likeness (QED) is 0.557. The van der Waals surface area contributed by atoms with E-state index in [0.717, 1.165) is 6.42 Å². The van der Waals surface area contributed by atoms with Gasteiger partial charge in [0.1, 0.15) is 6.20 Å². The van der Waals surface area contributed by atoms with E-state index in [4.69, 9.17) is 5.11 Å². The summed E-state index contributed by atoms with van der Waals surface area (Å²) in [6, 6.07) is -0.00130. The first-order valence-corrected chi connectivity index (χ1v) is 5.13. The van der Waals surface area contributed by atoms with Gasteiger partial charge in [-0.3, -0.25) is 14.8 Å². The molecule has 1 rings (SSSR count). The fraction of sp³-hybridized carbons (Fsp3) is 0.667. The molecule has 0 saturated carbocycles. The van der Waals surface area contributed by atoms with E-state index in [-0.39, 0.29) is 24.2 Å². The third kappa shape index (κ3) is 2.93. The molecule has 0 aliphatic heterocycles. The molecule has 0 amide bonds. The normalized spacial score (nSPS) is 12.4. The van der Waals surface area contributed by atoms with Gasteiger partial charge in [0.15, 0.2) is 0 Å². The van der Waals surface area contributed by atoms with Gasteiger partial charge in [-0.1, -0.05) is 6.92 Å². The van der Waals surface area contributed by atoms with E-state index in [0.29, 0.717) is 6.42 Å². The molecule has 1 unspecified atom stereocenters. The number of aliphatic hydroxyl groups is 1. The Labute approximate surface area is 93.2 Å². The van der Waals surface area contributed by atoms with Crippen LogP contribution in [0.3, 0.4) is 0 Å². The van der Waals surface area contributed by atoms with E-state index in [1.54, 1.807) is 7.05 Å². The van der Waals surface area contributed by atoms with Crippen LogP contribution >= 0.6 is 0 Å². The van der Waals surface area contributed by atoms with Crippen LogP contribution in [0.15, 0.2) is 6.20 Å². The van der Waals surface area contributed by atoms with Crippen molar-refractivity contribution in [3.63, 3.8) is 0 Å². The Morgan fingerprint density at radius 1 is 1.75 bits per heavy atom. The zero-order chi connectivity index (χ0) is 12.1. The lowest BCUT2D eigenvalue weighted by atomic mass is 10.1. The van der Waals surface area contributed by atoms with Gasteiger partial charge in [-0.05, 0) is 12.8 Å². The number of hydrogen-bond donors (Lipinski definition) is 2. The first-order valence-electron chi connectivity index (χ1n) is 5.13. The van der Waals surface area contributed by atoms with Crippen molar-refractivity contribution in [2.45, 2.75) is 25.8 Å². The maximum atomic E-state index is 10.7. The highest BCUT2D eigenvalue weighted by atomic mass is 16.6. The number of nitro groups is 1. The molecule has 16 heavy (non-hydrogen) atoms. The molecular weight excluding hydrogens is 212 g/mol. The second-order valence-corrected chi connectivity index (χ2v) is 3.56. The number of nitrogens with one attached hydrogen (secondary N) is 1. The van der Waals surface area contributed by atoms with Crippen LogP contribution in [0.25, 0.3) is 0 Å². The van der Waals surface area contributed by atoms with Crippen molar-refractivity contribution in [2.24, 2.45) is 7.05 Å². The Morgan fingerprint density at radius 3 is 2.94 bits per heavy atom. The lowest BCUT2D eigenvalue weighted by Gasteiger charge is -2.14. The smallest absolute Gasteiger partial charge is 0.330 e. The summed E-state index contributed by atoms with van der Waals surface area (Å²) in [6.45, 7) is 1.99. The lowest BCUT2D eigenvalue weighted by molar-refractivity contribution is -0.384. The predicted octanol–water partition coefficient (Wildman–Crippen LogP) is 0.901. The highest BCUT2D eigenvalue weighted by Crippen LogP contribution is 2.23. The summed E-state index contributed by atoms with van der Waals surface area (Å²) < 4.78 is 1.39. The molecule has 1 atom stereocenters. The van der Waals surface area contributed by atoms with Gasteiger partial charge < -0.3 is 10.4 Å². The number of aryl methyl sites for hydroxylation is 1. The zero-order valence-electron chi connectivity index (χ0n) is 9.38. The van der Waals surface area contributed by atoms with Crippen LogP contribution in [0, 0.1) is 10.1 Å². The second-order valence-electron chi connectivity index (χ2n) is 3.56. The first kappa shape index (κ1) is 12.4. The third-order valence-corrected chi connectivity index (χ3v) is 2.32. The van der Waals surface area contributed by atoms with Crippen LogP contribution in [-0.4, -0.2) is 32.5 Å². The molecule has 1 aromatic rings. The van der Waals surface area contributed by atoms with E-state index in [9.17, 15) is 10.1 Å². The summed E-state index contributed by atoms with van der Waals surface area (Å²) in [4.78, 5) is 10.3. The van der Waals surface area contributed by atoms with E-state index in [2.05, 4.69) is 10.4 Å². The van der Waals surface area contributed by atoms with Crippen molar-refractivity contribution >= 4 is 11.5 Å². The van der Waals surface area contributed by atoms with Gasteiger partial charge in [-0.15, -0.1) is 5.10 Å². The van der Waals surface area contributed by atoms with Gasteiger partial charge in [0, 0.05) is 19.7 Å². The summed E-state index contributed by atoms with van der Waals surface area (Å²) in [5, 5.41) is 26.5. The van der Waals surface area contributed by atoms with E-state index in [1.807, 2.05) is 6.92 Å². The van der Waals surface area contributed by atoms with Crippen molar-refractivity contribution in [3.05, 3.63) is 16.3 Å². The number of aromatic nitrogens is 2. The molecular formula is C9H16N4O3. The molecule has 90 valence electrons. The molecule has 0 spiro atoms. The SMILES string of the molecule is CCC(CCO)Nc1nn(C)cc1[N+](=O)[O-]. The van der Waals surface area contributed by atoms with Gasteiger partial charge >= 0.3 is 5.69 Å². The van der Waals surface area contributed by atoms with E-state index >= 15 is 0 Å². The fourth-order valence-electron chi connectivity index (χ4n) is 1.44. The average Bonchev–Trinajstić information content (AvgIpc) is 2.59. The maximum Gasteiger partial charge on any atom is 0.330 e. The van der Waals surface area contributed by atoms with Crippen LogP contribution in [0.5, 0.6) is 0 Å². The zero-order valence-corrected chi connectivity index (χ0v) is 9.38. The van der Waals surface area contributed by atoms with Gasteiger partial charge in [-0.2, -0.15) is 0 Å². The molecule has 2 N–H and O–H groups in total. The van der Waals surface area contributed by atoms with Crippen molar-refractivity contribution in [1.82, 2.24) is 9.78 Å². The molecule has 0 radical (unpaired) electrons. The van der Waals surface area contributed by atoms with E-state index < -0.39 is 4.92 Å². The summed E-state index contributed by atoms with van der Waals surface area (Å²) in [5.74, 6) is 0.257. The molecule has 7 heteroatoms. The highest BCUT2D eigenvalue weighted by molar-refractivity contribution is 5.55. The molecule has 0 aromatic carbocycles. The van der Waals surface area contributed by atoms with Crippen LogP contribution in [-0.2, 0) is 7.05 Å². The third-order valence-electron chi connectivity index (χ3n) is 2.32. The minimum absolute atomic E-state index is 0.00130. The molecule has 0 aliphatic rings. The molecule has 0 saturated heterocycles. The van der Waals surface area contributed by atoms with E-state index in [1.165, 1.54) is 10.9 Å². The summed E-state index contributed by atoms with van der Waals surface area (Å²) in [5.41, 5.74) is -0.0427. The van der Waals surface area contributed by atoms with Gasteiger partial charge in [-0.25, -0.2) is 0 Å². The number of aliphatic hydroxyl groups excluding tert-OH is 1. The monoisotopic (exact) mass is 228 g/mol. The second kappa shape index (κ2) is 5.45. The highest BCUT2D eigenvalue weighted by Gasteiger charge is 2.20. The standard InChI is InChI=1S/C9H16N4O3/c1-3-7(4-5-14)10-9-8(13(15)16)6-12(2)11-9/h6-7,14H,3-5H2,1-2H3,(H,10,11). The number of hydrogen-bond acceptors (Lipinski definition) is 5. The Kier molecular flexibility index (Phi) is 4.24.